The lowest BCUT2D eigenvalue weighted by atomic mass is 9.65. The quantitative estimate of drug-likeness (QED) is 0.133. The monoisotopic (exact) mass is 623 g/mol. The van der Waals surface area contributed by atoms with Gasteiger partial charge in [-0.1, -0.05) is 109 Å². The third kappa shape index (κ3) is 9.66. The van der Waals surface area contributed by atoms with Crippen LogP contribution < -0.4 is 5.73 Å². The van der Waals surface area contributed by atoms with E-state index in [1.165, 1.54) is 134 Å². The SMILES string of the molecule is C=C1CC(C)CC(CC)(CCN2C(N)=NC[C@@H]2CCCCN2C[C@H](CC3CCCCC3)N(CCCCC3CCCCC3)C2=N)C1. The number of rotatable bonds is 16. The van der Waals surface area contributed by atoms with E-state index >= 15 is 0 Å². The zero-order valence-corrected chi connectivity index (χ0v) is 29.6. The molecule has 3 aliphatic carbocycles. The molecule has 0 aromatic heterocycles. The number of nitrogens with zero attached hydrogens (tertiary/aromatic N) is 4. The van der Waals surface area contributed by atoms with Crippen LogP contribution in [0.1, 0.15) is 155 Å². The van der Waals surface area contributed by atoms with Crippen molar-refractivity contribution in [2.45, 2.75) is 167 Å². The molecule has 1 saturated heterocycles. The number of aliphatic imine (C=N–C) groups is 1. The van der Waals surface area contributed by atoms with Crippen LogP contribution in [0.5, 0.6) is 0 Å². The van der Waals surface area contributed by atoms with E-state index in [1.807, 2.05) is 0 Å². The summed E-state index contributed by atoms with van der Waals surface area (Å²) in [5.74, 6) is 4.20. The first-order valence-corrected chi connectivity index (χ1v) is 19.7. The molecule has 3 saturated carbocycles. The van der Waals surface area contributed by atoms with E-state index in [9.17, 15) is 5.41 Å². The highest BCUT2D eigenvalue weighted by atomic mass is 15.4. The summed E-state index contributed by atoms with van der Waals surface area (Å²) in [7, 11) is 0. The molecule has 45 heavy (non-hydrogen) atoms. The zero-order valence-electron chi connectivity index (χ0n) is 29.6. The molecule has 0 spiro atoms. The molecule has 0 aromatic carbocycles. The smallest absolute Gasteiger partial charge is 0.194 e. The van der Waals surface area contributed by atoms with Crippen LogP contribution in [0.2, 0.25) is 0 Å². The lowest BCUT2D eigenvalue weighted by Gasteiger charge is -2.42. The number of hydrogen-bond donors (Lipinski definition) is 2. The van der Waals surface area contributed by atoms with Gasteiger partial charge in [-0.2, -0.15) is 0 Å². The van der Waals surface area contributed by atoms with E-state index in [-0.39, 0.29) is 0 Å². The van der Waals surface area contributed by atoms with Crippen molar-refractivity contribution in [3.8, 4) is 0 Å². The summed E-state index contributed by atoms with van der Waals surface area (Å²) in [6.45, 7) is 14.3. The molecule has 0 aromatic rings. The third-order valence-electron chi connectivity index (χ3n) is 12.9. The van der Waals surface area contributed by atoms with E-state index in [1.54, 1.807) is 0 Å². The van der Waals surface area contributed by atoms with E-state index in [0.717, 1.165) is 75.2 Å². The average Bonchev–Trinajstić information content (AvgIpc) is 3.54. The highest BCUT2D eigenvalue weighted by Crippen LogP contribution is 2.46. The molecule has 6 nitrogen and oxygen atoms in total. The summed E-state index contributed by atoms with van der Waals surface area (Å²) in [6.07, 6.45) is 29.3. The van der Waals surface area contributed by atoms with Gasteiger partial charge in [0, 0.05) is 32.2 Å². The lowest BCUT2D eigenvalue weighted by Crippen LogP contribution is -2.43. The van der Waals surface area contributed by atoms with E-state index in [0.29, 0.717) is 17.5 Å². The molecule has 4 atom stereocenters. The topological polar surface area (TPSA) is 72.0 Å². The molecule has 2 unspecified atom stereocenters. The number of hydrogen-bond acceptors (Lipinski definition) is 4. The predicted octanol–water partition coefficient (Wildman–Crippen LogP) is 8.96. The number of nitrogens with one attached hydrogen (secondary N) is 1. The largest absolute Gasteiger partial charge is 0.370 e. The van der Waals surface area contributed by atoms with Gasteiger partial charge in [0.25, 0.3) is 0 Å². The maximum Gasteiger partial charge on any atom is 0.194 e. The fourth-order valence-corrected chi connectivity index (χ4v) is 10.3. The molecule has 2 heterocycles. The number of unbranched alkanes of at least 4 members (excludes halogenated alkanes) is 2. The Morgan fingerprint density at radius 1 is 0.867 bits per heavy atom. The maximum absolute atomic E-state index is 9.22. The molecule has 3 N–H and O–H groups in total. The van der Waals surface area contributed by atoms with Gasteiger partial charge in [-0.25, -0.2) is 0 Å². The fraction of sp³-hybridized carbons (Fsp3) is 0.897. The first-order valence-electron chi connectivity index (χ1n) is 19.7. The van der Waals surface area contributed by atoms with Crippen LogP contribution in [0.4, 0.5) is 0 Å². The molecule has 4 fully saturated rings. The highest BCUT2D eigenvalue weighted by molar-refractivity contribution is 5.80. The summed E-state index contributed by atoms with van der Waals surface area (Å²) in [6, 6.07) is 0.999. The van der Waals surface area contributed by atoms with Gasteiger partial charge in [0.2, 0.25) is 0 Å². The van der Waals surface area contributed by atoms with Crippen LogP contribution >= 0.6 is 0 Å². The minimum Gasteiger partial charge on any atom is -0.370 e. The Morgan fingerprint density at radius 2 is 1.56 bits per heavy atom. The predicted molar refractivity (Wildman–Crippen MR) is 192 cm³/mol. The van der Waals surface area contributed by atoms with Crippen molar-refractivity contribution in [3.63, 3.8) is 0 Å². The highest BCUT2D eigenvalue weighted by Gasteiger charge is 2.38. The Balaban J connectivity index is 1.07. The van der Waals surface area contributed by atoms with Crippen LogP contribution in [0.25, 0.3) is 0 Å². The van der Waals surface area contributed by atoms with Crippen LogP contribution in [0.3, 0.4) is 0 Å². The molecule has 6 heteroatoms. The van der Waals surface area contributed by atoms with Crippen molar-refractivity contribution in [3.05, 3.63) is 12.2 Å². The van der Waals surface area contributed by atoms with E-state index in [4.69, 9.17) is 10.7 Å². The summed E-state index contributed by atoms with van der Waals surface area (Å²) >= 11 is 0. The minimum atomic E-state index is 0.383. The molecule has 0 amide bonds. The van der Waals surface area contributed by atoms with Crippen molar-refractivity contribution in [1.29, 1.82) is 5.41 Å². The normalized spacial score (nSPS) is 30.5. The van der Waals surface area contributed by atoms with Gasteiger partial charge in [-0.05, 0) is 81.0 Å². The molecule has 5 aliphatic rings. The van der Waals surface area contributed by atoms with Crippen molar-refractivity contribution in [2.24, 2.45) is 33.9 Å². The standard InChI is InChI=1S/C39H70N6/c1-4-39(27-31(2)25-32(3)28-39)21-24-44-35(29-42-37(44)40)20-12-13-22-43-30-36(26-34-18-9-6-10-19-34)45(38(43)41)23-14-11-17-33-15-7-5-8-16-33/h32-36,41H,2,4-30H2,1,3H3,(H2,40,42)/t32?,35-,36-,39?/m0/s1. The Bertz CT molecular complexity index is 965. The van der Waals surface area contributed by atoms with Crippen LogP contribution in [0.15, 0.2) is 17.1 Å². The van der Waals surface area contributed by atoms with Gasteiger partial charge < -0.3 is 20.4 Å². The van der Waals surface area contributed by atoms with E-state index in [2.05, 4.69) is 35.1 Å². The summed E-state index contributed by atoms with van der Waals surface area (Å²) in [5, 5.41) is 9.22. The van der Waals surface area contributed by atoms with Crippen LogP contribution in [-0.2, 0) is 0 Å². The van der Waals surface area contributed by atoms with Gasteiger partial charge in [-0.15, -0.1) is 0 Å². The van der Waals surface area contributed by atoms with Crippen molar-refractivity contribution in [1.82, 2.24) is 14.7 Å². The molecule has 256 valence electrons. The summed E-state index contributed by atoms with van der Waals surface area (Å²) in [5.41, 5.74) is 8.29. The summed E-state index contributed by atoms with van der Waals surface area (Å²) in [4.78, 5) is 12.1. The van der Waals surface area contributed by atoms with Crippen molar-refractivity contribution < 1.29 is 0 Å². The number of nitrogens with two attached hydrogens (primary N) is 1. The fourth-order valence-electron chi connectivity index (χ4n) is 10.3. The Kier molecular flexibility index (Phi) is 13.0. The Morgan fingerprint density at radius 3 is 2.27 bits per heavy atom. The number of allylic oxidation sites excluding steroid dienone is 1. The zero-order chi connectivity index (χ0) is 31.6. The molecule has 5 rings (SSSR count). The van der Waals surface area contributed by atoms with E-state index < -0.39 is 0 Å². The lowest BCUT2D eigenvalue weighted by molar-refractivity contribution is 0.141. The Hall–Kier alpha value is -1.72. The van der Waals surface area contributed by atoms with Crippen molar-refractivity contribution >= 4 is 11.9 Å². The molecular weight excluding hydrogens is 552 g/mol. The van der Waals surface area contributed by atoms with Crippen LogP contribution in [0, 0.1) is 28.6 Å². The first-order chi connectivity index (χ1) is 21.9. The first kappa shape index (κ1) is 34.6. The van der Waals surface area contributed by atoms with Gasteiger partial charge in [0.15, 0.2) is 11.9 Å². The maximum atomic E-state index is 9.22. The molecule has 2 aliphatic heterocycles. The van der Waals surface area contributed by atoms with Crippen molar-refractivity contribution in [2.75, 3.05) is 32.7 Å². The Labute approximate surface area is 277 Å². The average molecular weight is 623 g/mol. The van der Waals surface area contributed by atoms with Gasteiger partial charge in [0.1, 0.15) is 0 Å². The molecule has 0 bridgehead atoms. The third-order valence-corrected chi connectivity index (χ3v) is 12.9. The second-order valence-electron chi connectivity index (χ2n) is 16.4. The van der Waals surface area contributed by atoms with Gasteiger partial charge >= 0.3 is 0 Å². The second-order valence-corrected chi connectivity index (χ2v) is 16.4. The van der Waals surface area contributed by atoms with Crippen LogP contribution in [-0.4, -0.2) is 71.4 Å². The molecule has 0 radical (unpaired) electrons. The summed E-state index contributed by atoms with van der Waals surface area (Å²) < 4.78 is 0. The van der Waals surface area contributed by atoms with Gasteiger partial charge in [0.05, 0.1) is 12.6 Å². The minimum absolute atomic E-state index is 0.383. The second kappa shape index (κ2) is 16.9. The van der Waals surface area contributed by atoms with Gasteiger partial charge in [-0.3, -0.25) is 10.4 Å². The molecular formula is C39H70N6. The number of guanidine groups is 2.